The fraction of sp³-hybridized carbons (Fsp3) is 0.727. The molecule has 2 nitrogen and oxygen atoms in total. The lowest BCUT2D eigenvalue weighted by atomic mass is 9.98. The molecule has 1 aromatic heterocycles. The van der Waals surface area contributed by atoms with Gasteiger partial charge in [0.1, 0.15) is 0 Å². The quantitative estimate of drug-likeness (QED) is 0.755. The van der Waals surface area contributed by atoms with Gasteiger partial charge in [-0.15, -0.1) is 11.3 Å². The summed E-state index contributed by atoms with van der Waals surface area (Å²) < 4.78 is 0. The first-order valence-corrected chi connectivity index (χ1v) is 6.24. The summed E-state index contributed by atoms with van der Waals surface area (Å²) in [5.74, 6) is 0.500. The van der Waals surface area contributed by atoms with Crippen molar-refractivity contribution in [3.63, 3.8) is 0 Å². The molecule has 1 N–H and O–H groups in total. The van der Waals surface area contributed by atoms with Crippen LogP contribution in [0.4, 0.5) is 0 Å². The highest BCUT2D eigenvalue weighted by atomic mass is 32.1. The van der Waals surface area contributed by atoms with Crippen molar-refractivity contribution in [2.45, 2.75) is 39.0 Å². The van der Waals surface area contributed by atoms with E-state index in [1.807, 2.05) is 11.6 Å². The van der Waals surface area contributed by atoms with Crippen molar-refractivity contribution in [2.24, 2.45) is 5.92 Å². The van der Waals surface area contributed by atoms with E-state index in [4.69, 9.17) is 5.11 Å². The summed E-state index contributed by atoms with van der Waals surface area (Å²) in [5.41, 5.74) is 0. The van der Waals surface area contributed by atoms with Crippen LogP contribution in [0.25, 0.3) is 0 Å². The van der Waals surface area contributed by atoms with Gasteiger partial charge in [-0.25, -0.2) is 4.98 Å². The van der Waals surface area contributed by atoms with E-state index >= 15 is 0 Å². The number of aromatic nitrogens is 1. The highest BCUT2D eigenvalue weighted by molar-refractivity contribution is 7.09. The van der Waals surface area contributed by atoms with Crippen molar-refractivity contribution in [1.29, 1.82) is 0 Å². The van der Waals surface area contributed by atoms with Gasteiger partial charge in [0.15, 0.2) is 0 Å². The lowest BCUT2D eigenvalue weighted by Gasteiger charge is -2.11. The van der Waals surface area contributed by atoms with Crippen LogP contribution in [-0.2, 0) is 6.42 Å². The molecule has 0 aliphatic rings. The molecule has 0 saturated heterocycles. The minimum Gasteiger partial charge on any atom is -0.396 e. The Balaban J connectivity index is 2.13. The molecule has 1 heterocycles. The van der Waals surface area contributed by atoms with Crippen LogP contribution in [0.5, 0.6) is 0 Å². The van der Waals surface area contributed by atoms with Gasteiger partial charge >= 0.3 is 0 Å². The first-order chi connectivity index (χ1) is 6.86. The lowest BCUT2D eigenvalue weighted by Crippen LogP contribution is -2.05. The van der Waals surface area contributed by atoms with E-state index in [0.717, 1.165) is 25.7 Å². The second-order valence-corrected chi connectivity index (χ2v) is 4.63. The fourth-order valence-corrected chi connectivity index (χ4v) is 2.32. The van der Waals surface area contributed by atoms with Crippen molar-refractivity contribution in [1.82, 2.24) is 4.98 Å². The van der Waals surface area contributed by atoms with E-state index in [1.165, 1.54) is 11.4 Å². The molecule has 1 aromatic rings. The molecule has 0 spiro atoms. The Bertz CT molecular complexity index is 223. The fourth-order valence-electron chi connectivity index (χ4n) is 1.65. The summed E-state index contributed by atoms with van der Waals surface area (Å²) in [4.78, 5) is 4.24. The molecule has 0 amide bonds. The zero-order valence-corrected chi connectivity index (χ0v) is 9.59. The van der Waals surface area contributed by atoms with Crippen molar-refractivity contribution >= 4 is 11.3 Å². The summed E-state index contributed by atoms with van der Waals surface area (Å²) >= 11 is 1.72. The van der Waals surface area contributed by atoms with Gasteiger partial charge in [0.2, 0.25) is 0 Å². The maximum Gasteiger partial charge on any atom is 0.0924 e. The molecular weight excluding hydrogens is 194 g/mol. The molecule has 1 atom stereocenters. The molecule has 14 heavy (non-hydrogen) atoms. The van der Waals surface area contributed by atoms with Crippen LogP contribution in [0.3, 0.4) is 0 Å². The number of hydrogen-bond acceptors (Lipinski definition) is 3. The predicted octanol–water partition coefficient (Wildman–Crippen LogP) is 2.87. The molecule has 0 bridgehead atoms. The third-order valence-electron chi connectivity index (χ3n) is 2.44. The Labute approximate surface area is 90.0 Å². The van der Waals surface area contributed by atoms with Crippen LogP contribution < -0.4 is 0 Å². The number of thiazole rings is 1. The number of aliphatic hydroxyl groups is 1. The maximum absolute atomic E-state index is 9.10. The van der Waals surface area contributed by atoms with E-state index in [0.29, 0.717) is 12.5 Å². The van der Waals surface area contributed by atoms with Crippen LogP contribution in [0, 0.1) is 5.92 Å². The zero-order valence-electron chi connectivity index (χ0n) is 8.78. The number of nitrogens with zero attached hydrogens (tertiary/aromatic N) is 1. The van der Waals surface area contributed by atoms with Crippen molar-refractivity contribution < 1.29 is 5.11 Å². The first-order valence-electron chi connectivity index (χ1n) is 5.36. The Morgan fingerprint density at radius 1 is 1.50 bits per heavy atom. The van der Waals surface area contributed by atoms with Gasteiger partial charge in [-0.05, 0) is 31.6 Å². The molecule has 0 aliphatic heterocycles. The van der Waals surface area contributed by atoms with Crippen LogP contribution in [0.15, 0.2) is 11.6 Å². The molecule has 1 unspecified atom stereocenters. The summed E-state index contributed by atoms with van der Waals surface area (Å²) in [7, 11) is 0. The molecule has 0 aliphatic carbocycles. The standard InChI is InChI=1S/C11H19NOS/c1-2-4-10(9-13)5-3-6-11-12-7-8-14-11/h7-8,10,13H,2-6,9H2,1H3. The monoisotopic (exact) mass is 213 g/mol. The molecular formula is C11H19NOS. The van der Waals surface area contributed by atoms with E-state index in [1.54, 1.807) is 11.3 Å². The van der Waals surface area contributed by atoms with E-state index in [-0.39, 0.29) is 0 Å². The van der Waals surface area contributed by atoms with Crippen LogP contribution in [0.1, 0.15) is 37.6 Å². The zero-order chi connectivity index (χ0) is 10.2. The van der Waals surface area contributed by atoms with E-state index in [2.05, 4.69) is 11.9 Å². The van der Waals surface area contributed by atoms with Crippen molar-refractivity contribution in [3.8, 4) is 0 Å². The van der Waals surface area contributed by atoms with Gasteiger partial charge in [0.25, 0.3) is 0 Å². The van der Waals surface area contributed by atoms with Gasteiger partial charge in [0.05, 0.1) is 5.01 Å². The Morgan fingerprint density at radius 3 is 2.93 bits per heavy atom. The van der Waals surface area contributed by atoms with Gasteiger partial charge in [-0.3, -0.25) is 0 Å². The average Bonchev–Trinajstić information content (AvgIpc) is 2.69. The predicted molar refractivity (Wildman–Crippen MR) is 60.5 cm³/mol. The smallest absolute Gasteiger partial charge is 0.0924 e. The van der Waals surface area contributed by atoms with Crippen molar-refractivity contribution in [2.75, 3.05) is 6.61 Å². The Kier molecular flexibility index (Phi) is 5.80. The summed E-state index contributed by atoms with van der Waals surface area (Å²) in [6.07, 6.45) is 7.52. The number of hydrogen-bond donors (Lipinski definition) is 1. The maximum atomic E-state index is 9.10. The minimum absolute atomic E-state index is 0.339. The van der Waals surface area contributed by atoms with Crippen LogP contribution >= 0.6 is 11.3 Å². The summed E-state index contributed by atoms with van der Waals surface area (Å²) in [6.45, 7) is 2.51. The molecule has 1 rings (SSSR count). The minimum atomic E-state index is 0.339. The molecule has 0 aromatic carbocycles. The SMILES string of the molecule is CCCC(CO)CCCc1nccs1. The van der Waals surface area contributed by atoms with Crippen molar-refractivity contribution in [3.05, 3.63) is 16.6 Å². The Morgan fingerprint density at radius 2 is 2.36 bits per heavy atom. The summed E-state index contributed by atoms with van der Waals surface area (Å²) in [6, 6.07) is 0. The van der Waals surface area contributed by atoms with Gasteiger partial charge in [-0.2, -0.15) is 0 Å². The van der Waals surface area contributed by atoms with Crippen LogP contribution in [-0.4, -0.2) is 16.7 Å². The van der Waals surface area contributed by atoms with E-state index in [9.17, 15) is 0 Å². The third kappa shape index (κ3) is 4.20. The van der Waals surface area contributed by atoms with E-state index < -0.39 is 0 Å². The molecule has 80 valence electrons. The van der Waals surface area contributed by atoms with Gasteiger partial charge < -0.3 is 5.11 Å². The normalized spacial score (nSPS) is 13.0. The summed E-state index contributed by atoms with van der Waals surface area (Å²) in [5, 5.41) is 12.3. The molecule has 0 radical (unpaired) electrons. The Hall–Kier alpha value is -0.410. The second kappa shape index (κ2) is 6.96. The van der Waals surface area contributed by atoms with Crippen LogP contribution in [0.2, 0.25) is 0 Å². The first kappa shape index (κ1) is 11.7. The third-order valence-corrected chi connectivity index (χ3v) is 3.28. The van der Waals surface area contributed by atoms with Gasteiger partial charge in [-0.1, -0.05) is 13.3 Å². The highest BCUT2D eigenvalue weighted by Gasteiger charge is 2.06. The average molecular weight is 213 g/mol. The highest BCUT2D eigenvalue weighted by Crippen LogP contribution is 2.15. The number of aryl methyl sites for hydroxylation is 1. The topological polar surface area (TPSA) is 33.1 Å². The molecule has 0 fully saturated rings. The van der Waals surface area contributed by atoms with Gasteiger partial charge in [0, 0.05) is 18.2 Å². The molecule has 3 heteroatoms. The largest absolute Gasteiger partial charge is 0.396 e. The molecule has 0 saturated carbocycles. The number of aliphatic hydroxyl groups excluding tert-OH is 1. The second-order valence-electron chi connectivity index (χ2n) is 3.66. The lowest BCUT2D eigenvalue weighted by molar-refractivity contribution is 0.207. The number of rotatable bonds is 7.